The Labute approximate surface area is 155 Å². The van der Waals surface area contributed by atoms with Gasteiger partial charge in [0.1, 0.15) is 23.0 Å². The molecule has 0 spiro atoms. The Balaban J connectivity index is 2.08. The van der Waals surface area contributed by atoms with Crippen molar-refractivity contribution in [1.29, 1.82) is 0 Å². The van der Waals surface area contributed by atoms with E-state index in [-0.39, 0.29) is 0 Å². The summed E-state index contributed by atoms with van der Waals surface area (Å²) >= 11 is 0. The molecule has 1 aliphatic heterocycles. The number of hydrogen-bond acceptors (Lipinski definition) is 4. The van der Waals surface area contributed by atoms with Crippen molar-refractivity contribution in [1.82, 2.24) is 0 Å². The van der Waals surface area contributed by atoms with Crippen molar-refractivity contribution in [2.45, 2.75) is 26.7 Å². The second kappa shape index (κ2) is 8.17. The summed E-state index contributed by atoms with van der Waals surface area (Å²) in [6.07, 6.45) is 5.96. The van der Waals surface area contributed by atoms with Crippen molar-refractivity contribution in [2.24, 2.45) is 0 Å². The van der Waals surface area contributed by atoms with Gasteiger partial charge in [0.25, 0.3) is 0 Å². The first kappa shape index (κ1) is 18.2. The van der Waals surface area contributed by atoms with Crippen LogP contribution < -0.4 is 18.9 Å². The fraction of sp³-hybridized carbons (Fsp3) is 0.364. The van der Waals surface area contributed by atoms with E-state index in [1.165, 1.54) is 0 Å². The van der Waals surface area contributed by atoms with Gasteiger partial charge in [-0.15, -0.1) is 0 Å². The van der Waals surface area contributed by atoms with Crippen LogP contribution in [-0.4, -0.2) is 27.4 Å². The molecule has 4 heteroatoms. The first-order chi connectivity index (χ1) is 12.6. The normalized spacial score (nSPS) is 15.2. The maximum absolute atomic E-state index is 6.01. The highest BCUT2D eigenvalue weighted by atomic mass is 16.5. The molecule has 0 aromatic heterocycles. The number of methoxy groups -OCH3 is 2. The molecule has 0 fully saturated rings. The topological polar surface area (TPSA) is 36.9 Å². The number of aryl methyl sites for hydroxylation is 2. The van der Waals surface area contributed by atoms with Crippen molar-refractivity contribution in [3.05, 3.63) is 46.5 Å². The number of benzene rings is 2. The van der Waals surface area contributed by atoms with Gasteiger partial charge in [-0.3, -0.25) is 0 Å². The van der Waals surface area contributed by atoms with Crippen LogP contribution in [0.3, 0.4) is 0 Å². The van der Waals surface area contributed by atoms with Crippen LogP contribution in [0.15, 0.2) is 24.3 Å². The van der Waals surface area contributed by atoms with E-state index < -0.39 is 0 Å². The minimum Gasteiger partial charge on any atom is -0.496 e. The van der Waals surface area contributed by atoms with Gasteiger partial charge in [0.2, 0.25) is 0 Å². The average molecular weight is 354 g/mol. The van der Waals surface area contributed by atoms with Crippen LogP contribution in [0.1, 0.15) is 35.1 Å². The summed E-state index contributed by atoms with van der Waals surface area (Å²) in [6.45, 7) is 5.40. The van der Waals surface area contributed by atoms with Crippen LogP contribution in [0.2, 0.25) is 0 Å². The van der Waals surface area contributed by atoms with E-state index in [2.05, 4.69) is 0 Å². The first-order valence-electron chi connectivity index (χ1n) is 8.93. The molecule has 0 amide bonds. The molecular weight excluding hydrogens is 328 g/mol. The quantitative estimate of drug-likeness (QED) is 0.757. The van der Waals surface area contributed by atoms with Crippen LogP contribution in [0.5, 0.6) is 23.0 Å². The highest BCUT2D eigenvalue weighted by Gasteiger charge is 2.11. The molecule has 1 heterocycles. The molecule has 0 bridgehead atoms. The van der Waals surface area contributed by atoms with Gasteiger partial charge >= 0.3 is 0 Å². The second-order valence-corrected chi connectivity index (χ2v) is 6.46. The number of ether oxygens (including phenoxy) is 4. The van der Waals surface area contributed by atoms with Crippen molar-refractivity contribution in [3.63, 3.8) is 0 Å². The lowest BCUT2D eigenvalue weighted by atomic mass is 10.1. The predicted molar refractivity (Wildman–Crippen MR) is 105 cm³/mol. The minimum atomic E-state index is 0.671. The van der Waals surface area contributed by atoms with Gasteiger partial charge in [0.15, 0.2) is 0 Å². The average Bonchev–Trinajstić information content (AvgIpc) is 2.63. The third kappa shape index (κ3) is 3.96. The maximum Gasteiger partial charge on any atom is 0.127 e. The lowest BCUT2D eigenvalue weighted by Crippen LogP contribution is -2.05. The smallest absolute Gasteiger partial charge is 0.127 e. The van der Waals surface area contributed by atoms with Crippen molar-refractivity contribution >= 4 is 12.2 Å². The molecule has 2 aromatic carbocycles. The predicted octanol–water partition coefficient (Wildman–Crippen LogP) is 5.04. The summed E-state index contributed by atoms with van der Waals surface area (Å²) in [5, 5.41) is 0. The molecule has 3 rings (SSSR count). The van der Waals surface area contributed by atoms with Crippen molar-refractivity contribution in [3.8, 4) is 23.0 Å². The van der Waals surface area contributed by atoms with Gasteiger partial charge in [-0.25, -0.2) is 0 Å². The molecule has 0 unspecified atom stereocenters. The highest BCUT2D eigenvalue weighted by molar-refractivity contribution is 5.77. The van der Waals surface area contributed by atoms with E-state index >= 15 is 0 Å². The van der Waals surface area contributed by atoms with Crippen LogP contribution in [-0.2, 0) is 0 Å². The molecule has 4 nitrogen and oxygen atoms in total. The Bertz CT molecular complexity index is 741. The lowest BCUT2D eigenvalue weighted by molar-refractivity contribution is 0.265. The highest BCUT2D eigenvalue weighted by Crippen LogP contribution is 2.33. The third-order valence-corrected chi connectivity index (χ3v) is 4.55. The molecule has 138 valence electrons. The fourth-order valence-corrected chi connectivity index (χ4v) is 3.05. The molecule has 0 N–H and O–H groups in total. The SMILES string of the molecule is COc1cc2c(cc1C)OCCCCOc1cc(C)c(OC)cc1/C=C/2. The van der Waals surface area contributed by atoms with Gasteiger partial charge < -0.3 is 18.9 Å². The minimum absolute atomic E-state index is 0.671. The summed E-state index contributed by atoms with van der Waals surface area (Å²) < 4.78 is 23.0. The monoisotopic (exact) mass is 354 g/mol. The third-order valence-electron chi connectivity index (χ3n) is 4.55. The molecule has 0 atom stereocenters. The molecular formula is C22H26O4. The van der Waals surface area contributed by atoms with Gasteiger partial charge in [0, 0.05) is 11.1 Å². The van der Waals surface area contributed by atoms with Gasteiger partial charge in [0.05, 0.1) is 27.4 Å². The van der Waals surface area contributed by atoms with Crippen molar-refractivity contribution in [2.75, 3.05) is 27.4 Å². The largest absolute Gasteiger partial charge is 0.496 e. The zero-order chi connectivity index (χ0) is 18.5. The van der Waals surface area contributed by atoms with Crippen LogP contribution in [0.4, 0.5) is 0 Å². The van der Waals surface area contributed by atoms with Gasteiger partial charge in [-0.1, -0.05) is 12.2 Å². The van der Waals surface area contributed by atoms with Crippen LogP contribution >= 0.6 is 0 Å². The van der Waals surface area contributed by atoms with E-state index in [1.807, 2.05) is 50.3 Å². The lowest BCUT2D eigenvalue weighted by Gasteiger charge is -2.16. The standard InChI is InChI=1S/C22H26O4/c1-15-11-21-17(13-19(15)23-3)7-8-18-14-20(24-4)16(2)12-22(18)26-10-6-5-9-25-21/h7-8,11-14H,5-6,9-10H2,1-4H3/b8-7+. The summed E-state index contributed by atoms with van der Waals surface area (Å²) in [5.41, 5.74) is 4.09. The first-order valence-corrected chi connectivity index (χ1v) is 8.93. The molecule has 26 heavy (non-hydrogen) atoms. The summed E-state index contributed by atoms with van der Waals surface area (Å²) in [7, 11) is 3.37. The second-order valence-electron chi connectivity index (χ2n) is 6.46. The molecule has 1 aliphatic rings. The van der Waals surface area contributed by atoms with E-state index in [4.69, 9.17) is 18.9 Å². The molecule has 0 saturated carbocycles. The zero-order valence-corrected chi connectivity index (χ0v) is 15.9. The Morgan fingerprint density at radius 1 is 0.692 bits per heavy atom. The van der Waals surface area contributed by atoms with Crippen molar-refractivity contribution < 1.29 is 18.9 Å². The fourth-order valence-electron chi connectivity index (χ4n) is 3.05. The summed E-state index contributed by atoms with van der Waals surface area (Å²) in [4.78, 5) is 0. The van der Waals surface area contributed by atoms with E-state index in [9.17, 15) is 0 Å². The number of fused-ring (bicyclic) bond motifs is 2. The molecule has 2 aromatic rings. The van der Waals surface area contributed by atoms with Gasteiger partial charge in [-0.2, -0.15) is 0 Å². The van der Waals surface area contributed by atoms with E-state index in [0.717, 1.165) is 58.1 Å². The Kier molecular flexibility index (Phi) is 5.71. The van der Waals surface area contributed by atoms with Crippen LogP contribution in [0, 0.1) is 13.8 Å². The number of hydrogen-bond donors (Lipinski definition) is 0. The van der Waals surface area contributed by atoms with E-state index in [0.29, 0.717) is 13.2 Å². The maximum atomic E-state index is 6.01. The molecule has 0 aliphatic carbocycles. The van der Waals surface area contributed by atoms with Crippen LogP contribution in [0.25, 0.3) is 12.2 Å². The Hall–Kier alpha value is -2.62. The van der Waals surface area contributed by atoms with E-state index in [1.54, 1.807) is 14.2 Å². The Morgan fingerprint density at radius 2 is 1.12 bits per heavy atom. The molecule has 0 radical (unpaired) electrons. The zero-order valence-electron chi connectivity index (χ0n) is 15.9. The molecule has 0 saturated heterocycles. The summed E-state index contributed by atoms with van der Waals surface area (Å²) in [6, 6.07) is 8.10. The Morgan fingerprint density at radius 3 is 1.50 bits per heavy atom. The van der Waals surface area contributed by atoms with Gasteiger partial charge in [-0.05, 0) is 62.1 Å². The summed E-state index contributed by atoms with van der Waals surface area (Å²) in [5.74, 6) is 3.45. The number of rotatable bonds is 2.